The van der Waals surface area contributed by atoms with Gasteiger partial charge in [-0.15, -0.1) is 10.2 Å². The summed E-state index contributed by atoms with van der Waals surface area (Å²) in [7, 11) is 1.16. The molecule has 4 rings (SSSR count). The Morgan fingerprint density at radius 1 is 0.971 bits per heavy atom. The number of rotatable bonds is 7. The average molecular weight is 472 g/mol. The number of nitrogens with zero attached hydrogens (tertiary/aromatic N) is 4. The fraction of sp³-hybridized carbons (Fsp3) is 0.125. The van der Waals surface area contributed by atoms with Crippen LogP contribution in [0.4, 0.5) is 10.6 Å². The van der Waals surface area contributed by atoms with E-state index in [4.69, 9.17) is 4.74 Å². The molecule has 0 saturated carbocycles. The highest BCUT2D eigenvalue weighted by Crippen LogP contribution is 2.22. The Bertz CT molecular complexity index is 1260. The topological polar surface area (TPSA) is 143 Å². The largest absolute Gasteiger partial charge is 0.467 e. The zero-order chi connectivity index (χ0) is 24.8. The summed E-state index contributed by atoms with van der Waals surface area (Å²) < 4.78 is 4.72. The predicted octanol–water partition coefficient (Wildman–Crippen LogP) is 2.48. The fourth-order valence-electron chi connectivity index (χ4n) is 3.37. The van der Waals surface area contributed by atoms with Gasteiger partial charge in [-0.2, -0.15) is 10.0 Å². The van der Waals surface area contributed by atoms with E-state index in [2.05, 4.69) is 26.0 Å². The van der Waals surface area contributed by atoms with Crippen molar-refractivity contribution < 1.29 is 23.9 Å². The maximum atomic E-state index is 12.7. The summed E-state index contributed by atoms with van der Waals surface area (Å²) in [5.41, 5.74) is 4.54. The number of hydrogen-bond acceptors (Lipinski definition) is 9. The van der Waals surface area contributed by atoms with Crippen molar-refractivity contribution in [2.45, 2.75) is 12.5 Å². The van der Waals surface area contributed by atoms with E-state index >= 15 is 0 Å². The highest BCUT2D eigenvalue weighted by atomic mass is 16.5. The molecule has 2 N–H and O–H groups in total. The summed E-state index contributed by atoms with van der Waals surface area (Å²) in [6.07, 6.45) is 1.25. The smallest absolute Gasteiger partial charge is 0.332 e. The van der Waals surface area contributed by atoms with Crippen molar-refractivity contribution in [2.75, 3.05) is 12.5 Å². The Morgan fingerprint density at radius 2 is 1.63 bits per heavy atom. The number of amides is 4. The molecule has 2 aromatic carbocycles. The standard InChI is InChI=1S/C24H20N6O5/c1-35-23(33)19(26-24(34)30-21(31)16-9-5-6-10-17(16)22(30)32)13-14-25-28-20-12-11-18(27-29-20)15-7-3-2-4-8-15/h2-12,14,19H,13H2,1H3,(H,26,34)(H,28,29)/b25-14+/t19-/m0/s1. The number of imide groups is 3. The van der Waals surface area contributed by atoms with Crippen LogP contribution in [0.2, 0.25) is 0 Å². The minimum Gasteiger partial charge on any atom is -0.467 e. The van der Waals surface area contributed by atoms with Crippen LogP contribution in [0.1, 0.15) is 27.1 Å². The van der Waals surface area contributed by atoms with E-state index in [9.17, 15) is 19.2 Å². The van der Waals surface area contributed by atoms with E-state index in [-0.39, 0.29) is 17.5 Å². The summed E-state index contributed by atoms with van der Waals surface area (Å²) in [5.74, 6) is -1.93. The Hall–Kier alpha value is -4.93. The lowest BCUT2D eigenvalue weighted by atomic mass is 10.1. The zero-order valence-electron chi connectivity index (χ0n) is 18.5. The van der Waals surface area contributed by atoms with Crippen LogP contribution in [0.3, 0.4) is 0 Å². The van der Waals surface area contributed by atoms with Gasteiger partial charge in [0.15, 0.2) is 5.82 Å². The minimum absolute atomic E-state index is 0.0793. The van der Waals surface area contributed by atoms with Crippen LogP contribution in [-0.2, 0) is 9.53 Å². The third-order valence-corrected chi connectivity index (χ3v) is 5.13. The number of carbonyl (C=O) groups is 4. The second kappa shape index (κ2) is 10.3. The first-order valence-electron chi connectivity index (χ1n) is 10.5. The van der Waals surface area contributed by atoms with Crippen LogP contribution in [0.5, 0.6) is 0 Å². The molecule has 1 aliphatic rings. The number of nitrogens with one attached hydrogen (secondary N) is 2. The molecule has 0 fully saturated rings. The molecule has 0 spiro atoms. The first-order chi connectivity index (χ1) is 17.0. The van der Waals surface area contributed by atoms with Crippen LogP contribution >= 0.6 is 0 Å². The van der Waals surface area contributed by atoms with Gasteiger partial charge in [0.2, 0.25) is 0 Å². The molecule has 3 aromatic rings. The number of methoxy groups -OCH3 is 1. The highest BCUT2D eigenvalue weighted by molar-refractivity contribution is 6.28. The molecule has 35 heavy (non-hydrogen) atoms. The molecule has 0 unspecified atom stereocenters. The molecule has 0 bridgehead atoms. The van der Waals surface area contributed by atoms with Gasteiger partial charge >= 0.3 is 12.0 Å². The van der Waals surface area contributed by atoms with Gasteiger partial charge in [0.1, 0.15) is 6.04 Å². The molecule has 1 aliphatic heterocycles. The molecular formula is C24H20N6O5. The zero-order valence-corrected chi connectivity index (χ0v) is 18.5. The minimum atomic E-state index is -1.19. The van der Waals surface area contributed by atoms with Crippen molar-refractivity contribution in [1.29, 1.82) is 0 Å². The summed E-state index contributed by atoms with van der Waals surface area (Å²) in [6, 6.07) is 16.9. The third-order valence-electron chi connectivity index (χ3n) is 5.13. The van der Waals surface area contributed by atoms with Crippen LogP contribution < -0.4 is 10.7 Å². The Balaban J connectivity index is 1.36. The maximum Gasteiger partial charge on any atom is 0.332 e. The number of hydrogen-bond donors (Lipinski definition) is 2. The normalized spacial score (nSPS) is 13.5. The number of anilines is 1. The van der Waals surface area contributed by atoms with Gasteiger partial charge in [-0.1, -0.05) is 42.5 Å². The first-order valence-corrected chi connectivity index (χ1v) is 10.5. The molecule has 0 aliphatic carbocycles. The summed E-state index contributed by atoms with van der Waals surface area (Å²) in [4.78, 5) is 50.2. The van der Waals surface area contributed by atoms with E-state index in [0.717, 1.165) is 12.7 Å². The molecule has 2 heterocycles. The van der Waals surface area contributed by atoms with Crippen molar-refractivity contribution >= 4 is 35.8 Å². The molecule has 11 nitrogen and oxygen atoms in total. The number of aromatic nitrogens is 2. The van der Waals surface area contributed by atoms with Gasteiger partial charge in [0.25, 0.3) is 11.8 Å². The molecular weight excluding hydrogens is 452 g/mol. The lowest BCUT2D eigenvalue weighted by molar-refractivity contribution is -0.142. The van der Waals surface area contributed by atoms with Gasteiger partial charge in [-0.25, -0.2) is 9.59 Å². The predicted molar refractivity (Wildman–Crippen MR) is 125 cm³/mol. The molecule has 4 amide bonds. The summed E-state index contributed by atoms with van der Waals surface area (Å²) in [5, 5.41) is 14.5. The number of esters is 1. The number of hydrazone groups is 1. The highest BCUT2D eigenvalue weighted by Gasteiger charge is 2.40. The number of urea groups is 1. The van der Waals surface area contributed by atoms with E-state index in [1.54, 1.807) is 24.3 Å². The second-order valence-corrected chi connectivity index (χ2v) is 7.35. The number of fused-ring (bicyclic) bond motifs is 1. The van der Waals surface area contributed by atoms with Crippen LogP contribution in [-0.4, -0.2) is 58.3 Å². The van der Waals surface area contributed by atoms with Gasteiger partial charge in [0.05, 0.1) is 23.9 Å². The number of benzene rings is 2. The van der Waals surface area contributed by atoms with Crippen LogP contribution in [0.25, 0.3) is 11.3 Å². The average Bonchev–Trinajstić information content (AvgIpc) is 3.16. The molecule has 11 heteroatoms. The van der Waals surface area contributed by atoms with Gasteiger partial charge < -0.3 is 10.1 Å². The third kappa shape index (κ3) is 5.03. The van der Waals surface area contributed by atoms with Crippen molar-refractivity contribution in [2.24, 2.45) is 5.10 Å². The summed E-state index contributed by atoms with van der Waals surface area (Å²) >= 11 is 0. The lowest BCUT2D eigenvalue weighted by Crippen LogP contribution is -2.50. The van der Waals surface area contributed by atoms with Crippen LogP contribution in [0.15, 0.2) is 71.8 Å². The van der Waals surface area contributed by atoms with Crippen molar-refractivity contribution in [3.05, 3.63) is 77.9 Å². The van der Waals surface area contributed by atoms with Crippen molar-refractivity contribution in [1.82, 2.24) is 20.4 Å². The second-order valence-electron chi connectivity index (χ2n) is 7.35. The van der Waals surface area contributed by atoms with E-state index in [1.165, 1.54) is 18.3 Å². The molecule has 1 aromatic heterocycles. The molecule has 0 radical (unpaired) electrons. The quantitative estimate of drug-likeness (QED) is 0.231. The Kier molecular flexibility index (Phi) is 6.86. The first kappa shape index (κ1) is 23.2. The Morgan fingerprint density at radius 3 is 2.23 bits per heavy atom. The van der Waals surface area contributed by atoms with Gasteiger partial charge in [-0.05, 0) is 24.3 Å². The number of ether oxygens (including phenoxy) is 1. The van der Waals surface area contributed by atoms with Crippen molar-refractivity contribution in [3.63, 3.8) is 0 Å². The van der Waals surface area contributed by atoms with Crippen LogP contribution in [0, 0.1) is 0 Å². The van der Waals surface area contributed by atoms with E-state index in [0.29, 0.717) is 16.4 Å². The van der Waals surface area contributed by atoms with E-state index in [1.807, 2.05) is 30.3 Å². The number of carbonyl (C=O) groups excluding carboxylic acids is 4. The monoisotopic (exact) mass is 472 g/mol. The van der Waals surface area contributed by atoms with Crippen molar-refractivity contribution in [3.8, 4) is 11.3 Å². The molecule has 0 saturated heterocycles. The van der Waals surface area contributed by atoms with Gasteiger partial charge in [-0.3, -0.25) is 15.0 Å². The molecule has 1 atom stereocenters. The molecule has 176 valence electrons. The Labute approximate surface area is 199 Å². The fourth-order valence-corrected chi connectivity index (χ4v) is 3.37. The van der Waals surface area contributed by atoms with E-state index < -0.39 is 29.9 Å². The van der Waals surface area contributed by atoms with Gasteiger partial charge in [0, 0.05) is 18.2 Å². The SMILES string of the molecule is COC(=O)[C@H](C/C=N/Nc1ccc(-c2ccccc2)nn1)NC(=O)N1C(=O)c2ccccc2C1=O. The lowest BCUT2D eigenvalue weighted by Gasteiger charge is -2.18. The maximum absolute atomic E-state index is 12.7. The summed E-state index contributed by atoms with van der Waals surface area (Å²) in [6.45, 7) is 0.